The number of aromatic nitrogens is 1. The monoisotopic (exact) mass is 299 g/mol. The lowest BCUT2D eigenvalue weighted by atomic mass is 10.2. The standard InChI is InChI=1S/C16H17N3OS/c17-7-10-21-15-11-19(14-6-2-1-5-13(14)15)12-16(20)18-8-3-4-9-18/h1-2,5-6,11H,3-4,8-10,12H2. The van der Waals surface area contributed by atoms with Crippen LogP contribution in [0.3, 0.4) is 0 Å². The molecule has 0 spiro atoms. The Labute approximate surface area is 128 Å². The summed E-state index contributed by atoms with van der Waals surface area (Å²) < 4.78 is 2.01. The zero-order valence-corrected chi connectivity index (χ0v) is 12.6. The first kappa shape index (κ1) is 14.0. The van der Waals surface area contributed by atoms with Gasteiger partial charge in [0.05, 0.1) is 11.8 Å². The Balaban J connectivity index is 1.87. The summed E-state index contributed by atoms with van der Waals surface area (Å²) in [7, 11) is 0. The van der Waals surface area contributed by atoms with Crippen LogP contribution < -0.4 is 0 Å². The summed E-state index contributed by atoms with van der Waals surface area (Å²) in [5, 5.41) is 9.87. The van der Waals surface area contributed by atoms with Gasteiger partial charge in [0.1, 0.15) is 6.54 Å². The van der Waals surface area contributed by atoms with E-state index in [0.717, 1.165) is 41.7 Å². The molecule has 3 rings (SSSR count). The number of benzene rings is 1. The molecule has 0 radical (unpaired) electrons. The number of amides is 1. The molecule has 0 atom stereocenters. The minimum atomic E-state index is 0.185. The van der Waals surface area contributed by atoms with E-state index >= 15 is 0 Å². The molecule has 0 aliphatic carbocycles. The molecule has 1 aliphatic rings. The molecule has 0 bridgehead atoms. The fraction of sp³-hybridized carbons (Fsp3) is 0.375. The second-order valence-corrected chi connectivity index (χ2v) is 6.19. The molecule has 0 N–H and O–H groups in total. The van der Waals surface area contributed by atoms with Gasteiger partial charge >= 0.3 is 0 Å². The van der Waals surface area contributed by atoms with Crippen molar-refractivity contribution in [2.75, 3.05) is 18.8 Å². The second-order valence-electron chi connectivity index (χ2n) is 5.17. The van der Waals surface area contributed by atoms with E-state index in [1.807, 2.05) is 39.9 Å². The number of hydrogen-bond acceptors (Lipinski definition) is 3. The van der Waals surface area contributed by atoms with E-state index < -0.39 is 0 Å². The first-order valence-electron chi connectivity index (χ1n) is 7.15. The molecule has 108 valence electrons. The quantitative estimate of drug-likeness (QED) is 0.816. The maximum Gasteiger partial charge on any atom is 0.242 e. The number of para-hydroxylation sites is 1. The zero-order valence-electron chi connectivity index (χ0n) is 11.8. The molecular weight excluding hydrogens is 282 g/mol. The number of likely N-dealkylation sites (tertiary alicyclic amines) is 1. The molecule has 2 heterocycles. The first-order valence-corrected chi connectivity index (χ1v) is 8.13. The summed E-state index contributed by atoms with van der Waals surface area (Å²) in [6.45, 7) is 2.15. The van der Waals surface area contributed by atoms with Crippen LogP contribution in [-0.2, 0) is 11.3 Å². The number of nitrogens with zero attached hydrogens (tertiary/aromatic N) is 3. The highest BCUT2D eigenvalue weighted by Gasteiger charge is 2.19. The molecule has 5 heteroatoms. The van der Waals surface area contributed by atoms with Crippen LogP contribution >= 0.6 is 11.8 Å². The number of fused-ring (bicyclic) bond motifs is 1. The van der Waals surface area contributed by atoms with Crippen molar-refractivity contribution < 1.29 is 4.79 Å². The normalized spacial score (nSPS) is 14.5. The van der Waals surface area contributed by atoms with Crippen molar-refractivity contribution in [2.45, 2.75) is 24.3 Å². The van der Waals surface area contributed by atoms with Crippen LogP contribution in [0.4, 0.5) is 0 Å². The molecule has 1 saturated heterocycles. The third-order valence-corrected chi connectivity index (χ3v) is 4.72. The van der Waals surface area contributed by atoms with Crippen LogP contribution in [0.2, 0.25) is 0 Å². The third-order valence-electron chi connectivity index (χ3n) is 3.81. The Bertz CT molecular complexity index is 695. The predicted molar refractivity (Wildman–Crippen MR) is 84.1 cm³/mol. The lowest BCUT2D eigenvalue weighted by Gasteiger charge is -2.15. The summed E-state index contributed by atoms with van der Waals surface area (Å²) in [6, 6.07) is 10.2. The smallest absolute Gasteiger partial charge is 0.242 e. The fourth-order valence-corrected chi connectivity index (χ4v) is 3.53. The van der Waals surface area contributed by atoms with Crippen LogP contribution in [0, 0.1) is 11.3 Å². The molecule has 1 aliphatic heterocycles. The van der Waals surface area contributed by atoms with E-state index in [9.17, 15) is 4.79 Å². The Morgan fingerprint density at radius 1 is 1.29 bits per heavy atom. The SMILES string of the molecule is N#CCSc1cn(CC(=O)N2CCCC2)c2ccccc12. The van der Waals surface area contributed by atoms with E-state index in [4.69, 9.17) is 5.26 Å². The van der Waals surface area contributed by atoms with Crippen LogP contribution in [0.5, 0.6) is 0 Å². The van der Waals surface area contributed by atoms with E-state index in [0.29, 0.717) is 12.3 Å². The topological polar surface area (TPSA) is 49.0 Å². The molecule has 4 nitrogen and oxygen atoms in total. The van der Waals surface area contributed by atoms with E-state index in [1.165, 1.54) is 11.8 Å². The van der Waals surface area contributed by atoms with Gasteiger partial charge in [0.25, 0.3) is 0 Å². The number of nitriles is 1. The largest absolute Gasteiger partial charge is 0.341 e. The first-order chi connectivity index (χ1) is 10.3. The van der Waals surface area contributed by atoms with Crippen molar-refractivity contribution in [3.05, 3.63) is 30.5 Å². The van der Waals surface area contributed by atoms with Gasteiger partial charge in [-0.05, 0) is 18.9 Å². The van der Waals surface area contributed by atoms with Crippen molar-refractivity contribution in [1.29, 1.82) is 5.26 Å². The van der Waals surface area contributed by atoms with Crippen LogP contribution in [0.25, 0.3) is 10.9 Å². The van der Waals surface area contributed by atoms with Crippen molar-refractivity contribution in [3.63, 3.8) is 0 Å². The number of carbonyl (C=O) groups excluding carboxylic acids is 1. The minimum absolute atomic E-state index is 0.185. The summed E-state index contributed by atoms with van der Waals surface area (Å²) in [5.74, 6) is 0.610. The molecule has 1 fully saturated rings. The van der Waals surface area contributed by atoms with Crippen LogP contribution in [0.15, 0.2) is 35.4 Å². The van der Waals surface area contributed by atoms with E-state index in [1.54, 1.807) is 0 Å². The Morgan fingerprint density at radius 2 is 2.05 bits per heavy atom. The van der Waals surface area contributed by atoms with Gasteiger partial charge in [0.15, 0.2) is 0 Å². The van der Waals surface area contributed by atoms with E-state index in [-0.39, 0.29) is 5.91 Å². The van der Waals surface area contributed by atoms with Gasteiger partial charge in [-0.1, -0.05) is 18.2 Å². The molecule has 1 amide bonds. The van der Waals surface area contributed by atoms with Crippen molar-refractivity contribution in [3.8, 4) is 6.07 Å². The molecule has 2 aromatic rings. The van der Waals surface area contributed by atoms with Crippen molar-refractivity contribution >= 4 is 28.6 Å². The van der Waals surface area contributed by atoms with Gasteiger partial charge in [0, 0.05) is 35.1 Å². The highest BCUT2D eigenvalue weighted by molar-refractivity contribution is 7.99. The number of carbonyl (C=O) groups is 1. The van der Waals surface area contributed by atoms with Gasteiger partial charge < -0.3 is 9.47 Å². The number of thioether (sulfide) groups is 1. The van der Waals surface area contributed by atoms with Crippen molar-refractivity contribution in [1.82, 2.24) is 9.47 Å². The average Bonchev–Trinajstić information content (AvgIpc) is 3.14. The highest BCUT2D eigenvalue weighted by atomic mass is 32.2. The van der Waals surface area contributed by atoms with Gasteiger partial charge in [-0.3, -0.25) is 4.79 Å². The summed E-state index contributed by atoms with van der Waals surface area (Å²) in [4.78, 5) is 15.3. The van der Waals surface area contributed by atoms with E-state index in [2.05, 4.69) is 6.07 Å². The van der Waals surface area contributed by atoms with Gasteiger partial charge in [-0.2, -0.15) is 5.26 Å². The third kappa shape index (κ3) is 2.91. The Morgan fingerprint density at radius 3 is 2.81 bits per heavy atom. The predicted octanol–water partition coefficient (Wildman–Crippen LogP) is 2.88. The second kappa shape index (κ2) is 6.23. The maximum atomic E-state index is 12.3. The molecule has 1 aromatic carbocycles. The summed E-state index contributed by atoms with van der Waals surface area (Å²) >= 11 is 1.52. The zero-order chi connectivity index (χ0) is 14.7. The Hall–Kier alpha value is -1.93. The van der Waals surface area contributed by atoms with Crippen LogP contribution in [0.1, 0.15) is 12.8 Å². The lowest BCUT2D eigenvalue weighted by Crippen LogP contribution is -2.30. The summed E-state index contributed by atoms with van der Waals surface area (Å²) in [6.07, 6.45) is 4.23. The molecule has 1 aromatic heterocycles. The minimum Gasteiger partial charge on any atom is -0.341 e. The average molecular weight is 299 g/mol. The fourth-order valence-electron chi connectivity index (χ4n) is 2.78. The molecule has 21 heavy (non-hydrogen) atoms. The summed E-state index contributed by atoms with van der Waals surface area (Å²) in [5.41, 5.74) is 1.06. The number of hydrogen-bond donors (Lipinski definition) is 0. The maximum absolute atomic E-state index is 12.3. The molecule has 0 unspecified atom stereocenters. The molecule has 0 saturated carbocycles. The van der Waals surface area contributed by atoms with Gasteiger partial charge in [-0.15, -0.1) is 11.8 Å². The van der Waals surface area contributed by atoms with Gasteiger partial charge in [0.2, 0.25) is 5.91 Å². The lowest BCUT2D eigenvalue weighted by molar-refractivity contribution is -0.130. The number of rotatable bonds is 4. The highest BCUT2D eigenvalue weighted by Crippen LogP contribution is 2.29. The Kier molecular flexibility index (Phi) is 4.16. The van der Waals surface area contributed by atoms with Crippen LogP contribution in [-0.4, -0.2) is 34.2 Å². The van der Waals surface area contributed by atoms with Crippen molar-refractivity contribution in [2.24, 2.45) is 0 Å². The molecular formula is C16H17N3OS. The van der Waals surface area contributed by atoms with Gasteiger partial charge in [-0.25, -0.2) is 0 Å².